The van der Waals surface area contributed by atoms with Crippen molar-refractivity contribution < 1.29 is 0 Å². The van der Waals surface area contributed by atoms with Crippen molar-refractivity contribution in [2.45, 2.75) is 10.1 Å². The third kappa shape index (κ3) is 2.30. The monoisotopic (exact) mass is 342 g/mol. The number of hydrogen-bond donors (Lipinski definition) is 0. The van der Waals surface area contributed by atoms with E-state index in [4.69, 9.17) is 23.2 Å². The number of fused-ring (bicyclic) bond motifs is 3. The van der Waals surface area contributed by atoms with Crippen LogP contribution in [0.3, 0.4) is 0 Å². The fourth-order valence-electron chi connectivity index (χ4n) is 1.82. The maximum absolute atomic E-state index is 6.13. The number of halogens is 2. The van der Waals surface area contributed by atoms with Gasteiger partial charge < -0.3 is 0 Å². The van der Waals surface area contributed by atoms with Gasteiger partial charge in [0.15, 0.2) is 10.3 Å². The van der Waals surface area contributed by atoms with Crippen LogP contribution in [-0.4, -0.2) is 32.4 Å². The van der Waals surface area contributed by atoms with E-state index >= 15 is 0 Å². The van der Waals surface area contributed by atoms with Crippen molar-refractivity contribution in [2.75, 3.05) is 12.5 Å². The Balaban J connectivity index is 2.42. The summed E-state index contributed by atoms with van der Waals surface area (Å²) in [5, 5.41) is 2.13. The molecule has 0 fully saturated rings. The average molecular weight is 343 g/mol. The zero-order valence-corrected chi connectivity index (χ0v) is 13.7. The minimum absolute atomic E-state index is 0.375. The van der Waals surface area contributed by atoms with Gasteiger partial charge in [0.1, 0.15) is 21.1 Å². The minimum atomic E-state index is 0.375. The zero-order valence-electron chi connectivity index (χ0n) is 10.5. The molecule has 4 nitrogen and oxygen atoms in total. The lowest BCUT2D eigenvalue weighted by atomic mass is 10.2. The molecule has 1 aromatic carbocycles. The topological polar surface area (TPSA) is 51.6 Å². The predicted octanol–water partition coefficient (Wildman–Crippen LogP) is 4.32. The van der Waals surface area contributed by atoms with Gasteiger partial charge in [0.25, 0.3) is 0 Å². The van der Waals surface area contributed by atoms with E-state index < -0.39 is 0 Å². The fourth-order valence-corrected chi connectivity index (χ4v) is 3.35. The quantitative estimate of drug-likeness (QED) is 0.510. The van der Waals surface area contributed by atoms with Gasteiger partial charge in [-0.15, -0.1) is 23.5 Å². The molecule has 8 heteroatoms. The highest BCUT2D eigenvalue weighted by Crippen LogP contribution is 2.30. The normalized spacial score (nSPS) is 11.4. The lowest BCUT2D eigenvalue weighted by molar-refractivity contribution is 1.10. The number of nitrogens with zero attached hydrogens (tertiary/aromatic N) is 4. The summed E-state index contributed by atoms with van der Waals surface area (Å²) in [5.41, 5.74) is 2.74. The first kappa shape index (κ1) is 14.1. The van der Waals surface area contributed by atoms with Crippen molar-refractivity contribution in [3.05, 3.63) is 22.4 Å². The third-order valence-electron chi connectivity index (χ3n) is 2.71. The molecule has 0 atom stereocenters. The summed E-state index contributed by atoms with van der Waals surface area (Å²) < 4.78 is 0. The van der Waals surface area contributed by atoms with E-state index in [0.717, 1.165) is 5.52 Å². The van der Waals surface area contributed by atoms with Crippen molar-refractivity contribution in [3.63, 3.8) is 0 Å². The van der Waals surface area contributed by atoms with Crippen LogP contribution in [0.25, 0.3) is 22.1 Å². The van der Waals surface area contributed by atoms with Gasteiger partial charge in [-0.2, -0.15) is 0 Å². The summed E-state index contributed by atoms with van der Waals surface area (Å²) in [6.45, 7) is 0. The molecular formula is C12H8Cl2N4S2. The molecule has 3 rings (SSSR count). The Morgan fingerprint density at radius 1 is 0.750 bits per heavy atom. The second-order valence-corrected chi connectivity index (χ2v) is 6.15. The molecule has 0 aliphatic carbocycles. The average Bonchev–Trinajstić information content (AvgIpc) is 2.45. The summed E-state index contributed by atoms with van der Waals surface area (Å²) in [6, 6.07) is 3.69. The van der Waals surface area contributed by atoms with Crippen molar-refractivity contribution >= 4 is 68.8 Å². The lowest BCUT2D eigenvalue weighted by Crippen LogP contribution is -1.95. The van der Waals surface area contributed by atoms with Crippen molar-refractivity contribution in [1.82, 2.24) is 19.9 Å². The molecule has 0 aliphatic rings. The summed E-state index contributed by atoms with van der Waals surface area (Å²) in [5.74, 6) is 0. The summed E-state index contributed by atoms with van der Waals surface area (Å²) in [4.78, 5) is 17.7. The highest BCUT2D eigenvalue weighted by molar-refractivity contribution is 7.98. The summed E-state index contributed by atoms with van der Waals surface area (Å²) in [6.07, 6.45) is 3.81. The third-order valence-corrected chi connectivity index (χ3v) is 4.81. The second-order valence-electron chi connectivity index (χ2n) is 3.85. The molecule has 0 saturated heterocycles. The van der Waals surface area contributed by atoms with E-state index in [9.17, 15) is 0 Å². The van der Waals surface area contributed by atoms with Gasteiger partial charge in [-0.1, -0.05) is 23.2 Å². The Morgan fingerprint density at radius 3 is 1.90 bits per heavy atom. The maximum Gasteiger partial charge on any atom is 0.162 e. The molecule has 3 aromatic rings. The number of rotatable bonds is 2. The van der Waals surface area contributed by atoms with Crippen LogP contribution in [-0.2, 0) is 0 Å². The van der Waals surface area contributed by atoms with Crippen LogP contribution in [0.5, 0.6) is 0 Å². The highest BCUT2D eigenvalue weighted by Gasteiger charge is 2.13. The van der Waals surface area contributed by atoms with E-state index in [1.165, 1.54) is 23.5 Å². The van der Waals surface area contributed by atoms with Crippen molar-refractivity contribution in [3.8, 4) is 0 Å². The van der Waals surface area contributed by atoms with Crippen LogP contribution in [0.2, 0.25) is 10.3 Å². The molecular weight excluding hydrogens is 335 g/mol. The lowest BCUT2D eigenvalue weighted by Gasteiger charge is -2.06. The molecule has 0 bridgehead atoms. The second kappa shape index (κ2) is 5.52. The van der Waals surface area contributed by atoms with Gasteiger partial charge >= 0.3 is 0 Å². The van der Waals surface area contributed by atoms with Crippen LogP contribution in [0.1, 0.15) is 0 Å². The molecule has 2 heterocycles. The molecule has 0 unspecified atom stereocenters. The SMILES string of the molecule is CSc1nc2ccc3nc(Cl)c(SC)nc3c2nc1Cl. The molecule has 2 aromatic heterocycles. The van der Waals surface area contributed by atoms with E-state index in [-0.39, 0.29) is 0 Å². The molecule has 0 N–H and O–H groups in total. The largest absolute Gasteiger partial charge is 0.236 e. The first-order chi connectivity index (χ1) is 9.63. The van der Waals surface area contributed by atoms with Crippen LogP contribution in [0.4, 0.5) is 0 Å². The number of hydrogen-bond acceptors (Lipinski definition) is 6. The van der Waals surface area contributed by atoms with E-state index in [1.807, 2.05) is 24.6 Å². The summed E-state index contributed by atoms with van der Waals surface area (Å²) in [7, 11) is 0. The van der Waals surface area contributed by atoms with Gasteiger partial charge in [-0.05, 0) is 24.6 Å². The Morgan fingerprint density at radius 2 is 1.25 bits per heavy atom. The van der Waals surface area contributed by atoms with E-state index in [2.05, 4.69) is 19.9 Å². The van der Waals surface area contributed by atoms with Crippen LogP contribution in [0.15, 0.2) is 22.2 Å². The molecule has 0 aliphatic heterocycles. The first-order valence-corrected chi connectivity index (χ1v) is 8.76. The van der Waals surface area contributed by atoms with E-state index in [1.54, 1.807) is 0 Å². The molecule has 20 heavy (non-hydrogen) atoms. The van der Waals surface area contributed by atoms with Gasteiger partial charge in [-0.25, -0.2) is 19.9 Å². The number of aromatic nitrogens is 4. The van der Waals surface area contributed by atoms with Gasteiger partial charge in [0, 0.05) is 0 Å². The standard InChI is InChI=1S/C12H8Cl2N4S2/c1-19-11-10(14)17-7-6(16-11)4-3-5-8(7)18-12(20-2)9(13)15-5/h3-4H,1-2H3. The minimum Gasteiger partial charge on any atom is -0.236 e. The number of benzene rings is 1. The Hall–Kier alpha value is -0.820. The zero-order chi connectivity index (χ0) is 14.3. The van der Waals surface area contributed by atoms with E-state index in [0.29, 0.717) is 36.9 Å². The van der Waals surface area contributed by atoms with Crippen molar-refractivity contribution in [2.24, 2.45) is 0 Å². The Kier molecular flexibility index (Phi) is 3.90. The Labute approximate surface area is 133 Å². The maximum atomic E-state index is 6.13. The Bertz CT molecular complexity index is 826. The van der Waals surface area contributed by atoms with Crippen LogP contribution < -0.4 is 0 Å². The van der Waals surface area contributed by atoms with Gasteiger partial charge in [-0.3, -0.25) is 0 Å². The summed E-state index contributed by atoms with van der Waals surface area (Å²) >= 11 is 15.1. The van der Waals surface area contributed by atoms with Crippen LogP contribution in [0, 0.1) is 0 Å². The smallest absolute Gasteiger partial charge is 0.162 e. The molecule has 0 radical (unpaired) electrons. The van der Waals surface area contributed by atoms with Crippen LogP contribution >= 0.6 is 46.7 Å². The number of thioether (sulfide) groups is 2. The van der Waals surface area contributed by atoms with Gasteiger partial charge in [0.05, 0.1) is 11.0 Å². The van der Waals surface area contributed by atoms with Crippen molar-refractivity contribution in [1.29, 1.82) is 0 Å². The molecule has 0 amide bonds. The molecule has 0 saturated carbocycles. The fraction of sp³-hybridized carbons (Fsp3) is 0.167. The molecule has 102 valence electrons. The highest BCUT2D eigenvalue weighted by atomic mass is 35.5. The molecule has 0 spiro atoms. The predicted molar refractivity (Wildman–Crippen MR) is 86.2 cm³/mol. The first-order valence-electron chi connectivity index (χ1n) is 5.55. The van der Waals surface area contributed by atoms with Gasteiger partial charge in [0.2, 0.25) is 0 Å².